The topological polar surface area (TPSA) is 83.6 Å². The van der Waals surface area contributed by atoms with Crippen LogP contribution in [0, 0.1) is 11.3 Å². The first-order valence-electron chi connectivity index (χ1n) is 9.63. The molecule has 0 fully saturated rings. The second kappa shape index (κ2) is 9.60. The lowest BCUT2D eigenvalue weighted by molar-refractivity contribution is -0.115. The van der Waals surface area contributed by atoms with Crippen LogP contribution in [0.15, 0.2) is 77.3 Å². The molecule has 1 unspecified atom stereocenters. The first-order valence-corrected chi connectivity index (χ1v) is 11.4. The summed E-state index contributed by atoms with van der Waals surface area (Å²) in [5.74, 6) is 0.587. The Morgan fingerprint density at radius 1 is 1.13 bits per heavy atom. The average molecular weight is 446 g/mol. The molecule has 0 aliphatic heterocycles. The highest BCUT2D eigenvalue weighted by Gasteiger charge is 2.22. The summed E-state index contributed by atoms with van der Waals surface area (Å²) in [7, 11) is 0. The van der Waals surface area contributed by atoms with Gasteiger partial charge in [-0.05, 0) is 36.1 Å². The summed E-state index contributed by atoms with van der Waals surface area (Å²) >= 11 is 2.95. The van der Waals surface area contributed by atoms with Crippen LogP contribution in [0.4, 0.5) is 5.69 Å². The van der Waals surface area contributed by atoms with Crippen molar-refractivity contribution in [3.05, 3.63) is 83.2 Å². The molecule has 1 amide bonds. The van der Waals surface area contributed by atoms with E-state index in [0.29, 0.717) is 23.0 Å². The van der Waals surface area contributed by atoms with Gasteiger partial charge in [0.2, 0.25) is 5.91 Å². The fourth-order valence-electron chi connectivity index (χ4n) is 3.01. The number of para-hydroxylation sites is 1. The average Bonchev–Trinajstić information content (AvgIpc) is 3.45. The Morgan fingerprint density at radius 2 is 1.90 bits per heavy atom. The van der Waals surface area contributed by atoms with Crippen molar-refractivity contribution in [2.45, 2.75) is 23.9 Å². The standard InChI is InChI=1S/C23H19N5OS2/c1-16(22(29)25-19-11-6-5-10-18(19)14-24)31-23-27-26-21(20-12-7-13-30-20)28(23)15-17-8-3-2-4-9-17/h2-13,16H,15H2,1H3,(H,25,29). The summed E-state index contributed by atoms with van der Waals surface area (Å²) in [6.45, 7) is 2.43. The van der Waals surface area contributed by atoms with Crippen LogP contribution < -0.4 is 5.32 Å². The Hall–Kier alpha value is -3.41. The van der Waals surface area contributed by atoms with Crippen LogP contribution in [-0.4, -0.2) is 25.9 Å². The molecule has 2 heterocycles. The number of amides is 1. The molecule has 0 saturated heterocycles. The summed E-state index contributed by atoms with van der Waals surface area (Å²) in [6, 6.07) is 23.2. The maximum Gasteiger partial charge on any atom is 0.237 e. The smallest absolute Gasteiger partial charge is 0.237 e. The summed E-state index contributed by atoms with van der Waals surface area (Å²) in [4.78, 5) is 13.8. The van der Waals surface area contributed by atoms with Crippen molar-refractivity contribution in [1.82, 2.24) is 14.8 Å². The number of carbonyl (C=O) groups is 1. The summed E-state index contributed by atoms with van der Waals surface area (Å²) in [5.41, 5.74) is 2.06. The Bertz CT molecular complexity index is 1210. The molecule has 154 valence electrons. The Kier molecular flexibility index (Phi) is 6.46. The first-order chi connectivity index (χ1) is 15.2. The van der Waals surface area contributed by atoms with Crippen LogP contribution in [0.25, 0.3) is 10.7 Å². The zero-order chi connectivity index (χ0) is 21.6. The van der Waals surface area contributed by atoms with E-state index in [1.54, 1.807) is 35.6 Å². The number of carbonyl (C=O) groups excluding carboxylic acids is 1. The lowest BCUT2D eigenvalue weighted by Crippen LogP contribution is -2.23. The van der Waals surface area contributed by atoms with Crippen molar-refractivity contribution in [2.75, 3.05) is 5.32 Å². The molecule has 0 spiro atoms. The van der Waals surface area contributed by atoms with Crippen molar-refractivity contribution in [3.8, 4) is 16.8 Å². The van der Waals surface area contributed by atoms with Crippen LogP contribution in [0.5, 0.6) is 0 Å². The van der Waals surface area contributed by atoms with Crippen molar-refractivity contribution in [1.29, 1.82) is 5.26 Å². The van der Waals surface area contributed by atoms with E-state index in [4.69, 9.17) is 0 Å². The molecule has 2 aromatic heterocycles. The van der Waals surface area contributed by atoms with E-state index in [-0.39, 0.29) is 5.91 Å². The Balaban J connectivity index is 1.57. The molecule has 0 radical (unpaired) electrons. The monoisotopic (exact) mass is 445 g/mol. The van der Waals surface area contributed by atoms with E-state index < -0.39 is 5.25 Å². The largest absolute Gasteiger partial charge is 0.324 e. The van der Waals surface area contributed by atoms with Gasteiger partial charge in [0.1, 0.15) is 6.07 Å². The number of nitriles is 1. The van der Waals surface area contributed by atoms with Crippen molar-refractivity contribution in [2.24, 2.45) is 0 Å². The Morgan fingerprint density at radius 3 is 2.65 bits per heavy atom. The Labute approximate surface area is 188 Å². The number of hydrogen-bond acceptors (Lipinski definition) is 6. The van der Waals surface area contributed by atoms with E-state index in [0.717, 1.165) is 16.3 Å². The molecule has 0 bridgehead atoms. The number of nitrogens with one attached hydrogen (secondary N) is 1. The number of thioether (sulfide) groups is 1. The molecule has 0 saturated carbocycles. The van der Waals surface area contributed by atoms with Crippen molar-refractivity contribution in [3.63, 3.8) is 0 Å². The van der Waals surface area contributed by atoms with Crippen LogP contribution in [0.1, 0.15) is 18.1 Å². The molecule has 0 aliphatic rings. The van der Waals surface area contributed by atoms with Gasteiger partial charge in [0, 0.05) is 0 Å². The van der Waals surface area contributed by atoms with Gasteiger partial charge in [-0.25, -0.2) is 0 Å². The van der Waals surface area contributed by atoms with Gasteiger partial charge in [-0.15, -0.1) is 21.5 Å². The van der Waals surface area contributed by atoms with Gasteiger partial charge in [0.25, 0.3) is 0 Å². The maximum absolute atomic E-state index is 12.8. The van der Waals surface area contributed by atoms with Gasteiger partial charge in [0.05, 0.1) is 27.9 Å². The fourth-order valence-corrected chi connectivity index (χ4v) is 4.57. The number of aromatic nitrogens is 3. The van der Waals surface area contributed by atoms with Crippen LogP contribution >= 0.6 is 23.1 Å². The third-order valence-electron chi connectivity index (χ3n) is 4.60. The number of benzene rings is 2. The lowest BCUT2D eigenvalue weighted by atomic mass is 10.2. The predicted octanol–water partition coefficient (Wildman–Crippen LogP) is 5.05. The molecule has 31 heavy (non-hydrogen) atoms. The first kappa shape index (κ1) is 20.8. The highest BCUT2D eigenvalue weighted by Crippen LogP contribution is 2.30. The fraction of sp³-hybridized carbons (Fsp3) is 0.130. The zero-order valence-corrected chi connectivity index (χ0v) is 18.4. The van der Waals surface area contributed by atoms with E-state index in [1.165, 1.54) is 11.8 Å². The minimum absolute atomic E-state index is 0.195. The zero-order valence-electron chi connectivity index (χ0n) is 16.7. The number of hydrogen-bond donors (Lipinski definition) is 1. The van der Waals surface area contributed by atoms with Gasteiger partial charge in [0.15, 0.2) is 11.0 Å². The molecule has 2 aromatic carbocycles. The van der Waals surface area contributed by atoms with Crippen molar-refractivity contribution >= 4 is 34.7 Å². The second-order valence-corrected chi connectivity index (χ2v) is 9.02. The summed E-state index contributed by atoms with van der Waals surface area (Å²) < 4.78 is 2.04. The van der Waals surface area contributed by atoms with Gasteiger partial charge in [-0.2, -0.15) is 5.26 Å². The second-order valence-electron chi connectivity index (χ2n) is 6.76. The quantitative estimate of drug-likeness (QED) is 0.403. The molecule has 4 aromatic rings. The number of thiophene rings is 1. The SMILES string of the molecule is CC(Sc1nnc(-c2cccs2)n1Cc1ccccc1)C(=O)Nc1ccccc1C#N. The number of rotatable bonds is 7. The maximum atomic E-state index is 12.8. The highest BCUT2D eigenvalue weighted by atomic mass is 32.2. The molecule has 0 aliphatic carbocycles. The van der Waals surface area contributed by atoms with Crippen LogP contribution in [0.2, 0.25) is 0 Å². The van der Waals surface area contributed by atoms with Crippen LogP contribution in [0.3, 0.4) is 0 Å². The molecular formula is C23H19N5OS2. The summed E-state index contributed by atoms with van der Waals surface area (Å²) in [5, 5.41) is 23.1. The van der Waals surface area contributed by atoms with E-state index in [9.17, 15) is 10.1 Å². The van der Waals surface area contributed by atoms with Crippen LogP contribution in [-0.2, 0) is 11.3 Å². The minimum Gasteiger partial charge on any atom is -0.324 e. The predicted molar refractivity (Wildman–Crippen MR) is 124 cm³/mol. The number of nitrogens with zero attached hydrogens (tertiary/aromatic N) is 4. The molecule has 4 rings (SSSR count). The third kappa shape index (κ3) is 4.85. The van der Waals surface area contributed by atoms with E-state index in [2.05, 4.69) is 33.7 Å². The van der Waals surface area contributed by atoms with Gasteiger partial charge >= 0.3 is 0 Å². The third-order valence-corrected chi connectivity index (χ3v) is 6.55. The normalized spacial score (nSPS) is 11.6. The molecule has 6 nitrogen and oxygen atoms in total. The van der Waals surface area contributed by atoms with Gasteiger partial charge < -0.3 is 5.32 Å². The number of anilines is 1. The van der Waals surface area contributed by atoms with E-state index in [1.807, 2.05) is 47.2 Å². The van der Waals surface area contributed by atoms with E-state index >= 15 is 0 Å². The molecule has 1 atom stereocenters. The lowest BCUT2D eigenvalue weighted by Gasteiger charge is -2.14. The van der Waals surface area contributed by atoms with Crippen molar-refractivity contribution < 1.29 is 4.79 Å². The minimum atomic E-state index is -0.429. The molecule has 8 heteroatoms. The molecular weight excluding hydrogens is 426 g/mol. The van der Waals surface area contributed by atoms with Gasteiger partial charge in [-0.3, -0.25) is 9.36 Å². The molecule has 1 N–H and O–H groups in total. The summed E-state index contributed by atoms with van der Waals surface area (Å²) in [6.07, 6.45) is 0. The van der Waals surface area contributed by atoms with Gasteiger partial charge in [-0.1, -0.05) is 60.3 Å². The highest BCUT2D eigenvalue weighted by molar-refractivity contribution is 8.00.